The van der Waals surface area contributed by atoms with Crippen LogP contribution in [0.15, 0.2) is 54.6 Å². The molecule has 1 N–H and O–H groups in total. The summed E-state index contributed by atoms with van der Waals surface area (Å²) >= 11 is 0. The van der Waals surface area contributed by atoms with Crippen molar-refractivity contribution in [3.05, 3.63) is 71.5 Å². The summed E-state index contributed by atoms with van der Waals surface area (Å²) in [7, 11) is 0. The first-order chi connectivity index (χ1) is 13.5. The fourth-order valence-corrected chi connectivity index (χ4v) is 3.65. The van der Waals surface area contributed by atoms with Gasteiger partial charge in [0.15, 0.2) is 0 Å². The van der Waals surface area contributed by atoms with Crippen molar-refractivity contribution in [2.75, 3.05) is 6.54 Å². The standard InChI is InChI=1S/C23H27FN2O2/c1-3-16(2)25-22(27)19-11-14-21(17-9-12-20(24)13-10-17)26(15-19)23(28)18-7-5-4-6-8-18/h4-10,12-13,16,19,21H,3,11,14-15H2,1-2H3,(H,25,27)/t16-,19-,21+/m0/s1. The molecule has 2 amide bonds. The Morgan fingerprint density at radius 3 is 2.43 bits per heavy atom. The number of nitrogens with zero attached hydrogens (tertiary/aromatic N) is 1. The summed E-state index contributed by atoms with van der Waals surface area (Å²) < 4.78 is 13.4. The highest BCUT2D eigenvalue weighted by atomic mass is 19.1. The molecule has 148 valence electrons. The summed E-state index contributed by atoms with van der Waals surface area (Å²) in [6.45, 7) is 4.37. The van der Waals surface area contributed by atoms with E-state index < -0.39 is 0 Å². The van der Waals surface area contributed by atoms with Crippen LogP contribution >= 0.6 is 0 Å². The molecule has 0 aromatic heterocycles. The fourth-order valence-electron chi connectivity index (χ4n) is 3.65. The van der Waals surface area contributed by atoms with Crippen LogP contribution in [0, 0.1) is 11.7 Å². The lowest BCUT2D eigenvalue weighted by atomic mass is 9.87. The number of benzene rings is 2. The predicted molar refractivity (Wildman–Crippen MR) is 107 cm³/mol. The van der Waals surface area contributed by atoms with Gasteiger partial charge in [-0.3, -0.25) is 9.59 Å². The molecule has 1 fully saturated rings. The predicted octanol–water partition coefficient (Wildman–Crippen LogP) is 4.33. The molecule has 1 saturated heterocycles. The molecule has 0 bridgehead atoms. The summed E-state index contributed by atoms with van der Waals surface area (Å²) in [6, 6.07) is 15.3. The van der Waals surface area contributed by atoms with Gasteiger partial charge in [-0.1, -0.05) is 37.3 Å². The molecule has 0 aliphatic carbocycles. The normalized spacial score (nSPS) is 20.5. The van der Waals surface area contributed by atoms with E-state index in [4.69, 9.17) is 0 Å². The number of hydrogen-bond donors (Lipinski definition) is 1. The van der Waals surface area contributed by atoms with Gasteiger partial charge in [0.1, 0.15) is 5.82 Å². The number of piperidine rings is 1. The van der Waals surface area contributed by atoms with E-state index in [1.165, 1.54) is 12.1 Å². The van der Waals surface area contributed by atoms with Crippen LogP contribution < -0.4 is 5.32 Å². The molecule has 0 unspecified atom stereocenters. The Labute approximate surface area is 165 Å². The van der Waals surface area contributed by atoms with Crippen molar-refractivity contribution in [1.82, 2.24) is 10.2 Å². The van der Waals surface area contributed by atoms with Crippen molar-refractivity contribution >= 4 is 11.8 Å². The first kappa shape index (κ1) is 20.1. The van der Waals surface area contributed by atoms with Gasteiger partial charge in [-0.2, -0.15) is 0 Å². The minimum absolute atomic E-state index is 0.00207. The quantitative estimate of drug-likeness (QED) is 0.837. The molecule has 1 aliphatic rings. The van der Waals surface area contributed by atoms with E-state index in [1.807, 2.05) is 32.0 Å². The number of hydrogen-bond acceptors (Lipinski definition) is 2. The van der Waals surface area contributed by atoms with E-state index >= 15 is 0 Å². The van der Waals surface area contributed by atoms with Crippen molar-refractivity contribution in [2.24, 2.45) is 5.92 Å². The third-order valence-corrected chi connectivity index (χ3v) is 5.49. The van der Waals surface area contributed by atoms with Crippen LogP contribution in [0.4, 0.5) is 4.39 Å². The molecule has 28 heavy (non-hydrogen) atoms. The maximum atomic E-state index is 13.4. The molecular weight excluding hydrogens is 355 g/mol. The minimum atomic E-state index is -0.300. The third-order valence-electron chi connectivity index (χ3n) is 5.49. The molecule has 4 nitrogen and oxygen atoms in total. The zero-order valence-electron chi connectivity index (χ0n) is 16.4. The molecule has 5 heteroatoms. The Hall–Kier alpha value is -2.69. The van der Waals surface area contributed by atoms with Crippen LogP contribution in [0.5, 0.6) is 0 Å². The van der Waals surface area contributed by atoms with Crippen molar-refractivity contribution in [2.45, 2.75) is 45.2 Å². The summed E-state index contributed by atoms with van der Waals surface area (Å²) in [5.74, 6) is -0.640. The van der Waals surface area contributed by atoms with Crippen molar-refractivity contribution in [3.8, 4) is 0 Å². The average molecular weight is 382 g/mol. The van der Waals surface area contributed by atoms with Gasteiger partial charge in [0.2, 0.25) is 5.91 Å². The van der Waals surface area contributed by atoms with E-state index in [0.717, 1.165) is 12.0 Å². The number of halogens is 1. The maximum absolute atomic E-state index is 13.4. The van der Waals surface area contributed by atoms with Crippen molar-refractivity contribution in [1.29, 1.82) is 0 Å². The Morgan fingerprint density at radius 2 is 1.79 bits per heavy atom. The first-order valence-electron chi connectivity index (χ1n) is 9.91. The van der Waals surface area contributed by atoms with Crippen molar-refractivity contribution < 1.29 is 14.0 Å². The van der Waals surface area contributed by atoms with Crippen LogP contribution in [0.2, 0.25) is 0 Å². The Morgan fingerprint density at radius 1 is 1.11 bits per heavy atom. The third kappa shape index (κ3) is 4.58. The van der Waals surface area contributed by atoms with E-state index in [0.29, 0.717) is 24.9 Å². The molecule has 0 saturated carbocycles. The molecule has 0 spiro atoms. The lowest BCUT2D eigenvalue weighted by molar-refractivity contribution is -0.127. The van der Waals surface area contributed by atoms with Gasteiger partial charge in [0, 0.05) is 18.2 Å². The van der Waals surface area contributed by atoms with Crippen LogP contribution in [0.25, 0.3) is 0 Å². The Kier molecular flexibility index (Phi) is 6.45. The largest absolute Gasteiger partial charge is 0.353 e. The monoisotopic (exact) mass is 382 g/mol. The lowest BCUT2D eigenvalue weighted by Crippen LogP contribution is -2.48. The van der Waals surface area contributed by atoms with Crippen LogP contribution in [-0.2, 0) is 4.79 Å². The maximum Gasteiger partial charge on any atom is 0.254 e. The van der Waals surface area contributed by atoms with E-state index in [1.54, 1.807) is 29.2 Å². The second-order valence-corrected chi connectivity index (χ2v) is 7.48. The van der Waals surface area contributed by atoms with Crippen LogP contribution in [0.1, 0.15) is 55.1 Å². The van der Waals surface area contributed by atoms with Gasteiger partial charge < -0.3 is 10.2 Å². The minimum Gasteiger partial charge on any atom is -0.353 e. The van der Waals surface area contributed by atoms with Gasteiger partial charge in [-0.15, -0.1) is 0 Å². The summed E-state index contributed by atoms with van der Waals surface area (Å²) in [4.78, 5) is 27.6. The number of amides is 2. The summed E-state index contributed by atoms with van der Waals surface area (Å²) in [5, 5.41) is 3.03. The Bertz CT molecular complexity index is 807. The number of carbonyl (C=O) groups is 2. The average Bonchev–Trinajstić information content (AvgIpc) is 2.74. The van der Waals surface area contributed by atoms with Gasteiger partial charge >= 0.3 is 0 Å². The molecule has 1 heterocycles. The first-order valence-corrected chi connectivity index (χ1v) is 9.91. The topological polar surface area (TPSA) is 49.4 Å². The molecule has 0 radical (unpaired) electrons. The number of carbonyl (C=O) groups excluding carboxylic acids is 2. The van der Waals surface area contributed by atoms with E-state index in [9.17, 15) is 14.0 Å². The van der Waals surface area contributed by atoms with Crippen molar-refractivity contribution in [3.63, 3.8) is 0 Å². The lowest BCUT2D eigenvalue weighted by Gasteiger charge is -2.40. The summed E-state index contributed by atoms with van der Waals surface area (Å²) in [6.07, 6.45) is 2.23. The fraction of sp³-hybridized carbons (Fsp3) is 0.391. The smallest absolute Gasteiger partial charge is 0.254 e. The van der Waals surface area contributed by atoms with Gasteiger partial charge in [-0.25, -0.2) is 4.39 Å². The SMILES string of the molecule is CC[C@H](C)NC(=O)[C@H]1CC[C@H](c2ccc(F)cc2)N(C(=O)c2ccccc2)C1. The molecule has 2 aromatic carbocycles. The second-order valence-electron chi connectivity index (χ2n) is 7.48. The number of likely N-dealkylation sites (tertiary alicyclic amines) is 1. The number of nitrogens with one attached hydrogen (secondary N) is 1. The number of rotatable bonds is 5. The van der Waals surface area contributed by atoms with E-state index in [2.05, 4.69) is 5.32 Å². The Balaban J connectivity index is 1.85. The molecule has 2 aromatic rings. The summed E-state index contributed by atoms with van der Waals surface area (Å²) in [5.41, 5.74) is 1.49. The highest BCUT2D eigenvalue weighted by Crippen LogP contribution is 2.34. The molecule has 3 rings (SSSR count). The molecule has 1 aliphatic heterocycles. The van der Waals surface area contributed by atoms with Gasteiger partial charge in [0.05, 0.1) is 12.0 Å². The second kappa shape index (κ2) is 9.00. The zero-order chi connectivity index (χ0) is 20.1. The van der Waals surface area contributed by atoms with Gasteiger partial charge in [-0.05, 0) is 56.0 Å². The van der Waals surface area contributed by atoms with Crippen LogP contribution in [-0.4, -0.2) is 29.3 Å². The zero-order valence-corrected chi connectivity index (χ0v) is 16.4. The molecule has 3 atom stereocenters. The molecular formula is C23H27FN2O2. The van der Waals surface area contributed by atoms with Gasteiger partial charge in [0.25, 0.3) is 5.91 Å². The van der Waals surface area contributed by atoms with E-state index in [-0.39, 0.29) is 35.6 Å². The van der Waals surface area contributed by atoms with Crippen LogP contribution in [0.3, 0.4) is 0 Å². The highest BCUT2D eigenvalue weighted by Gasteiger charge is 2.36. The highest BCUT2D eigenvalue weighted by molar-refractivity contribution is 5.95.